The van der Waals surface area contributed by atoms with E-state index in [4.69, 9.17) is 9.84 Å². The third-order valence-corrected chi connectivity index (χ3v) is 2.56. The number of phenolic OH excluding ortho intramolecular Hbond substituents is 1. The van der Waals surface area contributed by atoms with Gasteiger partial charge in [0.25, 0.3) is 0 Å². The molecule has 0 saturated heterocycles. The summed E-state index contributed by atoms with van der Waals surface area (Å²) in [5, 5.41) is 27.9. The van der Waals surface area contributed by atoms with E-state index in [-0.39, 0.29) is 23.7 Å². The van der Waals surface area contributed by atoms with Gasteiger partial charge in [-0.25, -0.2) is 0 Å². The minimum absolute atomic E-state index is 0.234. The smallest absolute Gasteiger partial charge is 0.163 e. The fourth-order valence-electron chi connectivity index (χ4n) is 1.59. The lowest BCUT2D eigenvalue weighted by Crippen LogP contribution is -1.96. The summed E-state index contributed by atoms with van der Waals surface area (Å²) in [6.45, 7) is -0.00213. The van der Waals surface area contributed by atoms with Crippen molar-refractivity contribution in [3.8, 4) is 17.2 Å². The molecule has 4 nitrogen and oxygen atoms in total. The summed E-state index contributed by atoms with van der Waals surface area (Å²) >= 11 is 0. The number of aromatic hydroxyl groups is 2. The number of benzene rings is 2. The molecule has 18 heavy (non-hydrogen) atoms. The number of phenols is 2. The standard InChI is InChI=1S/C14H14O4/c15-8-11-6-12(7-13(16)14(11)17)18-9-10-4-2-1-3-5-10/h1-7,15-17H,8-9H2. The molecule has 0 unspecified atom stereocenters. The van der Waals surface area contributed by atoms with E-state index in [1.54, 1.807) is 0 Å². The SMILES string of the molecule is OCc1cc(OCc2ccccc2)cc(O)c1O. The molecule has 0 aliphatic carbocycles. The number of ether oxygens (including phenoxy) is 1. The van der Waals surface area contributed by atoms with E-state index >= 15 is 0 Å². The first-order valence-corrected chi connectivity index (χ1v) is 5.53. The summed E-state index contributed by atoms with van der Waals surface area (Å²) in [6.07, 6.45) is 0. The highest BCUT2D eigenvalue weighted by Gasteiger charge is 2.09. The van der Waals surface area contributed by atoms with Crippen molar-refractivity contribution in [3.63, 3.8) is 0 Å². The third kappa shape index (κ3) is 2.73. The van der Waals surface area contributed by atoms with Gasteiger partial charge in [-0.2, -0.15) is 0 Å². The average Bonchev–Trinajstić information content (AvgIpc) is 2.41. The molecule has 0 saturated carbocycles. The Morgan fingerprint density at radius 1 is 1.00 bits per heavy atom. The first-order valence-electron chi connectivity index (χ1n) is 5.53. The highest BCUT2D eigenvalue weighted by Crippen LogP contribution is 2.33. The monoisotopic (exact) mass is 246 g/mol. The minimum Gasteiger partial charge on any atom is -0.504 e. The quantitative estimate of drug-likeness (QED) is 0.723. The van der Waals surface area contributed by atoms with Gasteiger partial charge in [0.15, 0.2) is 11.5 Å². The van der Waals surface area contributed by atoms with E-state index in [0.717, 1.165) is 5.56 Å². The van der Waals surface area contributed by atoms with E-state index in [9.17, 15) is 10.2 Å². The van der Waals surface area contributed by atoms with Gasteiger partial charge in [-0.15, -0.1) is 0 Å². The van der Waals surface area contributed by atoms with Crippen LogP contribution >= 0.6 is 0 Å². The van der Waals surface area contributed by atoms with E-state index < -0.39 is 0 Å². The van der Waals surface area contributed by atoms with Crippen LogP contribution in [0.2, 0.25) is 0 Å². The van der Waals surface area contributed by atoms with Gasteiger partial charge < -0.3 is 20.1 Å². The summed E-state index contributed by atoms with van der Waals surface area (Å²) in [4.78, 5) is 0. The molecule has 0 radical (unpaired) electrons. The van der Waals surface area contributed by atoms with Crippen molar-refractivity contribution >= 4 is 0 Å². The van der Waals surface area contributed by atoms with Crippen LogP contribution in [0.1, 0.15) is 11.1 Å². The lowest BCUT2D eigenvalue weighted by molar-refractivity contribution is 0.268. The van der Waals surface area contributed by atoms with Gasteiger partial charge in [0.2, 0.25) is 0 Å². The van der Waals surface area contributed by atoms with E-state index in [0.29, 0.717) is 12.4 Å². The highest BCUT2D eigenvalue weighted by atomic mass is 16.5. The first-order chi connectivity index (χ1) is 8.70. The summed E-state index contributed by atoms with van der Waals surface area (Å²) < 4.78 is 5.49. The molecular weight excluding hydrogens is 232 g/mol. The van der Waals surface area contributed by atoms with Crippen LogP contribution in [0.4, 0.5) is 0 Å². The topological polar surface area (TPSA) is 69.9 Å². The lowest BCUT2D eigenvalue weighted by Gasteiger charge is -2.10. The Hall–Kier alpha value is -2.20. The Kier molecular flexibility index (Phi) is 3.69. The van der Waals surface area contributed by atoms with Gasteiger partial charge in [-0.3, -0.25) is 0 Å². The maximum atomic E-state index is 9.47. The van der Waals surface area contributed by atoms with Crippen LogP contribution in [0.15, 0.2) is 42.5 Å². The summed E-state index contributed by atoms with van der Waals surface area (Å²) in [5.41, 5.74) is 1.23. The Labute approximate surface area is 105 Å². The van der Waals surface area contributed by atoms with Crippen LogP contribution in [0, 0.1) is 0 Å². The summed E-state index contributed by atoms with van der Waals surface area (Å²) in [6, 6.07) is 12.4. The molecule has 0 amide bonds. The van der Waals surface area contributed by atoms with Crippen molar-refractivity contribution in [2.45, 2.75) is 13.2 Å². The fraction of sp³-hybridized carbons (Fsp3) is 0.143. The zero-order valence-electron chi connectivity index (χ0n) is 9.71. The van der Waals surface area contributed by atoms with E-state index in [1.165, 1.54) is 12.1 Å². The molecule has 2 aromatic rings. The molecule has 2 aromatic carbocycles. The van der Waals surface area contributed by atoms with Crippen LogP contribution in [0.3, 0.4) is 0 Å². The number of aliphatic hydroxyl groups is 1. The second-order valence-corrected chi connectivity index (χ2v) is 3.88. The molecule has 0 heterocycles. The molecule has 0 bridgehead atoms. The summed E-state index contributed by atoms with van der Waals surface area (Å²) in [5.74, 6) is -0.215. The molecule has 0 aliphatic heterocycles. The normalized spacial score (nSPS) is 10.3. The minimum atomic E-state index is -0.359. The van der Waals surface area contributed by atoms with Crippen LogP contribution in [0.25, 0.3) is 0 Å². The van der Waals surface area contributed by atoms with Crippen molar-refractivity contribution in [3.05, 3.63) is 53.6 Å². The second-order valence-electron chi connectivity index (χ2n) is 3.88. The maximum Gasteiger partial charge on any atom is 0.163 e. The predicted molar refractivity (Wildman–Crippen MR) is 66.5 cm³/mol. The second kappa shape index (κ2) is 5.42. The van der Waals surface area contributed by atoms with Crippen molar-refractivity contribution in [2.75, 3.05) is 0 Å². The van der Waals surface area contributed by atoms with Gasteiger partial charge in [-0.1, -0.05) is 30.3 Å². The molecule has 0 aromatic heterocycles. The van der Waals surface area contributed by atoms with Crippen molar-refractivity contribution in [1.82, 2.24) is 0 Å². The molecule has 2 rings (SSSR count). The Morgan fingerprint density at radius 3 is 2.39 bits per heavy atom. The van der Waals surface area contributed by atoms with Crippen molar-refractivity contribution < 1.29 is 20.1 Å². The van der Waals surface area contributed by atoms with Crippen LogP contribution in [0.5, 0.6) is 17.2 Å². The fourth-order valence-corrected chi connectivity index (χ4v) is 1.59. The van der Waals surface area contributed by atoms with Gasteiger partial charge in [0.05, 0.1) is 6.61 Å². The Bertz CT molecular complexity index is 523. The average molecular weight is 246 g/mol. The maximum absolute atomic E-state index is 9.47. The molecule has 0 atom stereocenters. The Morgan fingerprint density at radius 2 is 1.72 bits per heavy atom. The van der Waals surface area contributed by atoms with Crippen LogP contribution in [-0.4, -0.2) is 15.3 Å². The number of hydrogen-bond acceptors (Lipinski definition) is 4. The highest BCUT2D eigenvalue weighted by molar-refractivity contribution is 5.49. The predicted octanol–water partition coefficient (Wildman–Crippen LogP) is 2.17. The van der Waals surface area contributed by atoms with Crippen molar-refractivity contribution in [2.24, 2.45) is 0 Å². The Balaban J connectivity index is 2.13. The molecule has 3 N–H and O–H groups in total. The van der Waals surface area contributed by atoms with Crippen LogP contribution in [-0.2, 0) is 13.2 Å². The number of aliphatic hydroxyl groups excluding tert-OH is 1. The molecule has 0 fully saturated rings. The molecular formula is C14H14O4. The van der Waals surface area contributed by atoms with Gasteiger partial charge >= 0.3 is 0 Å². The molecule has 0 spiro atoms. The van der Waals surface area contributed by atoms with E-state index in [1.807, 2.05) is 30.3 Å². The number of rotatable bonds is 4. The summed E-state index contributed by atoms with van der Waals surface area (Å²) in [7, 11) is 0. The number of hydrogen-bond donors (Lipinski definition) is 3. The zero-order valence-corrected chi connectivity index (χ0v) is 9.71. The molecule has 4 heteroatoms. The molecule has 0 aliphatic rings. The zero-order chi connectivity index (χ0) is 13.0. The van der Waals surface area contributed by atoms with Gasteiger partial charge in [0.1, 0.15) is 12.4 Å². The van der Waals surface area contributed by atoms with Gasteiger partial charge in [0, 0.05) is 11.6 Å². The largest absolute Gasteiger partial charge is 0.504 e. The van der Waals surface area contributed by atoms with Gasteiger partial charge in [-0.05, 0) is 11.6 Å². The third-order valence-electron chi connectivity index (χ3n) is 2.56. The molecule has 94 valence electrons. The first kappa shape index (κ1) is 12.3. The lowest BCUT2D eigenvalue weighted by atomic mass is 10.2. The van der Waals surface area contributed by atoms with Crippen molar-refractivity contribution in [1.29, 1.82) is 0 Å². The van der Waals surface area contributed by atoms with Crippen LogP contribution < -0.4 is 4.74 Å². The van der Waals surface area contributed by atoms with E-state index in [2.05, 4.69) is 0 Å².